The Kier molecular flexibility index (Phi) is 27.7. The number of nitrogens with one attached hydrogen (secondary N) is 1. The lowest BCUT2D eigenvalue weighted by molar-refractivity contribution is -0.134. The summed E-state index contributed by atoms with van der Waals surface area (Å²) < 4.78 is 6.04. The Bertz CT molecular complexity index is 675. The fraction of sp³-hybridized carbons (Fsp3) is 0.949. The van der Waals surface area contributed by atoms with Gasteiger partial charge in [-0.1, -0.05) is 149 Å². The second kappa shape index (κ2) is 28.3. The Labute approximate surface area is 274 Å². The lowest BCUT2D eigenvalue weighted by atomic mass is 9.91. The molecular formula is C39H77NO4. The molecule has 0 aliphatic heterocycles. The van der Waals surface area contributed by atoms with Crippen LogP contribution in [0.2, 0.25) is 0 Å². The molecular weight excluding hydrogens is 546 g/mol. The van der Waals surface area contributed by atoms with Gasteiger partial charge in [0.05, 0.1) is 23.7 Å². The number of ketones is 1. The van der Waals surface area contributed by atoms with Gasteiger partial charge >= 0.3 is 0 Å². The molecule has 0 aromatic rings. The number of carbonyl (C=O) groups is 2. The van der Waals surface area contributed by atoms with Gasteiger partial charge in [0, 0.05) is 13.0 Å². The summed E-state index contributed by atoms with van der Waals surface area (Å²) in [5.41, 5.74) is -1.11. The molecule has 0 rings (SSSR count). The van der Waals surface area contributed by atoms with E-state index in [1.807, 2.05) is 27.7 Å². The van der Waals surface area contributed by atoms with Crippen molar-refractivity contribution >= 4 is 11.7 Å². The average Bonchev–Trinajstić information content (AvgIpc) is 2.98. The molecule has 0 aliphatic rings. The quantitative estimate of drug-likeness (QED) is 0.0563. The molecule has 0 bridgehead atoms. The highest BCUT2D eigenvalue weighted by atomic mass is 16.5. The largest absolute Gasteiger partial charge is 0.390 e. The second-order valence-corrected chi connectivity index (χ2v) is 14.5. The van der Waals surface area contributed by atoms with E-state index in [1.165, 1.54) is 109 Å². The van der Waals surface area contributed by atoms with Crippen LogP contribution in [0.4, 0.5) is 0 Å². The van der Waals surface area contributed by atoms with Gasteiger partial charge in [-0.05, 0) is 52.9 Å². The van der Waals surface area contributed by atoms with Gasteiger partial charge < -0.3 is 15.2 Å². The van der Waals surface area contributed by atoms with E-state index in [1.54, 1.807) is 0 Å². The molecule has 0 radical (unpaired) electrons. The van der Waals surface area contributed by atoms with Gasteiger partial charge in [-0.3, -0.25) is 9.59 Å². The molecule has 262 valence electrons. The molecule has 0 aromatic carbocycles. The van der Waals surface area contributed by atoms with Crippen LogP contribution < -0.4 is 5.32 Å². The maximum atomic E-state index is 13.3. The Morgan fingerprint density at radius 2 is 1.07 bits per heavy atom. The van der Waals surface area contributed by atoms with Crippen molar-refractivity contribution in [1.29, 1.82) is 0 Å². The van der Waals surface area contributed by atoms with Crippen LogP contribution in [0.3, 0.4) is 0 Å². The number of ether oxygens (including phenoxy) is 1. The highest BCUT2D eigenvalue weighted by molar-refractivity contribution is 6.01. The Balaban J connectivity index is 4.55. The summed E-state index contributed by atoms with van der Waals surface area (Å²) in [6.45, 7) is 13.4. The molecule has 2 N–H and O–H groups in total. The fourth-order valence-corrected chi connectivity index (χ4v) is 5.82. The number of amides is 1. The maximum absolute atomic E-state index is 13.3. The van der Waals surface area contributed by atoms with Gasteiger partial charge in [0.2, 0.25) is 5.91 Å². The monoisotopic (exact) mass is 624 g/mol. The molecule has 0 saturated heterocycles. The Hall–Kier alpha value is -0.940. The minimum Gasteiger partial charge on any atom is -0.390 e. The van der Waals surface area contributed by atoms with E-state index >= 15 is 0 Å². The van der Waals surface area contributed by atoms with Crippen molar-refractivity contribution in [3.8, 4) is 0 Å². The smallest absolute Gasteiger partial charge is 0.230 e. The zero-order valence-electron chi connectivity index (χ0n) is 30.5. The SMILES string of the molecule is CCCCCCCCCCCCCC(=O)C(CCCCCCCCCCCC)C(=O)NCCC(C)(C)OCCC(C)(O)CC. The average molecular weight is 624 g/mol. The van der Waals surface area contributed by atoms with Crippen molar-refractivity contribution in [1.82, 2.24) is 5.32 Å². The van der Waals surface area contributed by atoms with Crippen LogP contribution in [0.15, 0.2) is 0 Å². The minimum atomic E-state index is -0.708. The maximum Gasteiger partial charge on any atom is 0.230 e. The van der Waals surface area contributed by atoms with Gasteiger partial charge in [0.15, 0.2) is 0 Å². The molecule has 0 spiro atoms. The summed E-state index contributed by atoms with van der Waals surface area (Å²) >= 11 is 0. The summed E-state index contributed by atoms with van der Waals surface area (Å²) in [6, 6.07) is 0. The van der Waals surface area contributed by atoms with Crippen molar-refractivity contribution in [2.75, 3.05) is 13.2 Å². The molecule has 0 heterocycles. The van der Waals surface area contributed by atoms with Crippen LogP contribution in [0, 0.1) is 5.92 Å². The van der Waals surface area contributed by atoms with Crippen LogP contribution in [0.5, 0.6) is 0 Å². The number of Topliss-reactive ketones (excluding diaryl/α,β-unsaturated/α-hetero) is 1. The molecule has 2 atom stereocenters. The lowest BCUT2D eigenvalue weighted by Gasteiger charge is -2.28. The van der Waals surface area contributed by atoms with Gasteiger partial charge in [-0.2, -0.15) is 0 Å². The second-order valence-electron chi connectivity index (χ2n) is 14.5. The normalized spacial score (nSPS) is 14.0. The molecule has 0 fully saturated rings. The molecule has 2 unspecified atom stereocenters. The predicted octanol–water partition coefficient (Wildman–Crippen LogP) is 11.0. The standard InChI is InChI=1S/C39H77NO4/c1-7-10-12-14-16-18-20-22-24-26-28-30-36(41)35(29-27-25-23-21-19-17-15-13-11-8-2)37(42)40-33-31-38(4,5)44-34-32-39(6,43)9-3/h35,43H,7-34H2,1-6H3,(H,40,42). The van der Waals surface area contributed by atoms with Gasteiger partial charge in [0.25, 0.3) is 0 Å². The number of aliphatic hydroxyl groups is 1. The summed E-state index contributed by atoms with van der Waals surface area (Å²) in [5.74, 6) is -0.485. The summed E-state index contributed by atoms with van der Waals surface area (Å²) in [6.07, 6.45) is 29.5. The third-order valence-corrected chi connectivity index (χ3v) is 9.50. The van der Waals surface area contributed by atoms with E-state index in [0.29, 0.717) is 45.3 Å². The fourth-order valence-electron chi connectivity index (χ4n) is 5.82. The first kappa shape index (κ1) is 43.1. The van der Waals surface area contributed by atoms with Crippen molar-refractivity contribution in [2.45, 2.75) is 220 Å². The van der Waals surface area contributed by atoms with Gasteiger partial charge in [-0.15, -0.1) is 0 Å². The van der Waals surface area contributed by atoms with E-state index in [-0.39, 0.29) is 11.7 Å². The van der Waals surface area contributed by atoms with E-state index in [4.69, 9.17) is 4.74 Å². The van der Waals surface area contributed by atoms with E-state index < -0.39 is 17.1 Å². The van der Waals surface area contributed by atoms with Crippen LogP contribution in [-0.4, -0.2) is 41.2 Å². The lowest BCUT2D eigenvalue weighted by Crippen LogP contribution is -2.39. The molecule has 0 aliphatic carbocycles. The summed E-state index contributed by atoms with van der Waals surface area (Å²) in [4.78, 5) is 26.5. The Morgan fingerprint density at radius 1 is 0.636 bits per heavy atom. The molecule has 1 amide bonds. The van der Waals surface area contributed by atoms with E-state index in [9.17, 15) is 14.7 Å². The third kappa shape index (κ3) is 26.3. The topological polar surface area (TPSA) is 75.6 Å². The Morgan fingerprint density at radius 3 is 1.52 bits per heavy atom. The molecule has 44 heavy (non-hydrogen) atoms. The predicted molar refractivity (Wildman–Crippen MR) is 189 cm³/mol. The van der Waals surface area contributed by atoms with Crippen molar-refractivity contribution in [3.05, 3.63) is 0 Å². The van der Waals surface area contributed by atoms with Crippen LogP contribution in [0.25, 0.3) is 0 Å². The molecule has 5 nitrogen and oxygen atoms in total. The van der Waals surface area contributed by atoms with E-state index in [0.717, 1.165) is 25.7 Å². The summed E-state index contributed by atoms with van der Waals surface area (Å²) in [5, 5.41) is 13.3. The van der Waals surface area contributed by atoms with Crippen LogP contribution in [-0.2, 0) is 14.3 Å². The van der Waals surface area contributed by atoms with E-state index in [2.05, 4.69) is 19.2 Å². The number of carbonyl (C=O) groups excluding carboxylic acids is 2. The highest BCUT2D eigenvalue weighted by Gasteiger charge is 2.27. The van der Waals surface area contributed by atoms with Gasteiger partial charge in [0.1, 0.15) is 5.78 Å². The molecule has 5 heteroatoms. The van der Waals surface area contributed by atoms with Crippen LogP contribution in [0.1, 0.15) is 208 Å². The number of rotatable bonds is 33. The van der Waals surface area contributed by atoms with Gasteiger partial charge in [-0.25, -0.2) is 0 Å². The number of unbranched alkanes of at least 4 members (excludes halogenated alkanes) is 19. The summed E-state index contributed by atoms with van der Waals surface area (Å²) in [7, 11) is 0. The van der Waals surface area contributed by atoms with Crippen LogP contribution >= 0.6 is 0 Å². The minimum absolute atomic E-state index is 0.0984. The third-order valence-electron chi connectivity index (χ3n) is 9.50. The first-order valence-electron chi connectivity index (χ1n) is 19.2. The zero-order chi connectivity index (χ0) is 32.9. The van der Waals surface area contributed by atoms with Crippen molar-refractivity contribution in [3.63, 3.8) is 0 Å². The first-order valence-corrected chi connectivity index (χ1v) is 19.2. The molecule has 0 aromatic heterocycles. The molecule has 0 saturated carbocycles. The highest BCUT2D eigenvalue weighted by Crippen LogP contribution is 2.21. The first-order chi connectivity index (χ1) is 21.1. The van der Waals surface area contributed by atoms with Crippen molar-refractivity contribution in [2.24, 2.45) is 5.92 Å². The zero-order valence-corrected chi connectivity index (χ0v) is 30.5. The number of hydrogen-bond acceptors (Lipinski definition) is 4. The number of hydrogen-bond donors (Lipinski definition) is 2. The van der Waals surface area contributed by atoms with Crippen molar-refractivity contribution < 1.29 is 19.4 Å².